The van der Waals surface area contributed by atoms with Crippen molar-refractivity contribution in [1.29, 1.82) is 0 Å². The van der Waals surface area contributed by atoms with E-state index in [1.807, 2.05) is 48.5 Å². The minimum Gasteiger partial charge on any atom is -0.374 e. The SMILES string of the molecule is CC(C)(N)C(=O)N[C@H](COCc1ccccc1)c1nnn(CCc2cc3ccccc3n2S(C)(=O)=O)n1. The van der Waals surface area contributed by atoms with Gasteiger partial charge in [-0.25, -0.2) is 12.4 Å². The van der Waals surface area contributed by atoms with Crippen LogP contribution in [0, 0.1) is 0 Å². The minimum absolute atomic E-state index is 0.116. The summed E-state index contributed by atoms with van der Waals surface area (Å²) >= 11 is 0. The zero-order valence-corrected chi connectivity index (χ0v) is 21.9. The molecule has 0 bridgehead atoms. The number of carbonyl (C=O) groups excluding carboxylic acids is 1. The zero-order chi connectivity index (χ0) is 26.6. The lowest BCUT2D eigenvalue weighted by Gasteiger charge is -2.22. The molecular formula is C25H31N7O4S. The molecule has 2 aromatic carbocycles. The fourth-order valence-corrected chi connectivity index (χ4v) is 4.94. The summed E-state index contributed by atoms with van der Waals surface area (Å²) in [6, 6.07) is 18.1. The molecule has 0 fully saturated rings. The number of hydrogen-bond donors (Lipinski definition) is 2. The summed E-state index contributed by atoms with van der Waals surface area (Å²) in [6.07, 6.45) is 1.53. The number of tetrazole rings is 1. The van der Waals surface area contributed by atoms with Gasteiger partial charge >= 0.3 is 0 Å². The molecule has 196 valence electrons. The molecule has 2 heterocycles. The van der Waals surface area contributed by atoms with Crippen LogP contribution >= 0.6 is 0 Å². The van der Waals surface area contributed by atoms with Gasteiger partial charge in [-0.05, 0) is 36.8 Å². The highest BCUT2D eigenvalue weighted by Crippen LogP contribution is 2.22. The van der Waals surface area contributed by atoms with Crippen molar-refractivity contribution in [3.05, 3.63) is 77.7 Å². The summed E-state index contributed by atoms with van der Waals surface area (Å²) in [4.78, 5) is 14.0. The monoisotopic (exact) mass is 525 g/mol. The van der Waals surface area contributed by atoms with Crippen molar-refractivity contribution >= 4 is 26.8 Å². The molecule has 2 aromatic heterocycles. The van der Waals surface area contributed by atoms with Crippen molar-refractivity contribution in [2.75, 3.05) is 12.9 Å². The first-order valence-corrected chi connectivity index (χ1v) is 13.7. The van der Waals surface area contributed by atoms with Gasteiger partial charge in [0.1, 0.15) is 6.04 Å². The summed E-state index contributed by atoms with van der Waals surface area (Å²) in [5.74, 6) is -0.107. The van der Waals surface area contributed by atoms with Gasteiger partial charge in [0.05, 0.1) is 37.1 Å². The molecule has 11 nitrogen and oxygen atoms in total. The van der Waals surface area contributed by atoms with Crippen LogP contribution in [0.1, 0.15) is 37.0 Å². The van der Waals surface area contributed by atoms with Crippen molar-refractivity contribution in [3.63, 3.8) is 0 Å². The smallest absolute Gasteiger partial charge is 0.240 e. The molecule has 1 amide bonds. The maximum Gasteiger partial charge on any atom is 0.240 e. The maximum absolute atomic E-state index is 12.6. The quantitative estimate of drug-likeness (QED) is 0.301. The van der Waals surface area contributed by atoms with Crippen molar-refractivity contribution in [3.8, 4) is 0 Å². The van der Waals surface area contributed by atoms with Gasteiger partial charge < -0.3 is 15.8 Å². The lowest BCUT2D eigenvalue weighted by molar-refractivity contribution is -0.126. The Labute approximate surface area is 215 Å². The summed E-state index contributed by atoms with van der Waals surface area (Å²) in [6.45, 7) is 3.96. The molecule has 0 saturated carbocycles. The molecule has 0 aliphatic rings. The number of nitrogens with one attached hydrogen (secondary N) is 1. The molecule has 4 aromatic rings. The summed E-state index contributed by atoms with van der Waals surface area (Å²) in [5, 5.41) is 16.3. The zero-order valence-electron chi connectivity index (χ0n) is 21.0. The van der Waals surface area contributed by atoms with Crippen LogP contribution in [0.3, 0.4) is 0 Å². The van der Waals surface area contributed by atoms with Gasteiger partial charge in [-0.3, -0.25) is 4.79 Å². The molecule has 37 heavy (non-hydrogen) atoms. The Morgan fingerprint density at radius 1 is 1.14 bits per heavy atom. The third-order valence-corrected chi connectivity index (χ3v) is 6.80. The van der Waals surface area contributed by atoms with E-state index in [0.717, 1.165) is 10.9 Å². The van der Waals surface area contributed by atoms with E-state index in [2.05, 4.69) is 20.7 Å². The number of fused-ring (bicyclic) bond motifs is 1. The van der Waals surface area contributed by atoms with Crippen LogP contribution in [-0.4, -0.2) is 56.9 Å². The van der Waals surface area contributed by atoms with E-state index in [0.29, 0.717) is 24.2 Å². The maximum atomic E-state index is 12.6. The number of benzene rings is 2. The Kier molecular flexibility index (Phi) is 7.71. The van der Waals surface area contributed by atoms with Crippen molar-refractivity contribution in [2.24, 2.45) is 5.73 Å². The van der Waals surface area contributed by atoms with Crippen LogP contribution < -0.4 is 11.1 Å². The highest BCUT2D eigenvalue weighted by molar-refractivity contribution is 7.89. The van der Waals surface area contributed by atoms with E-state index in [1.165, 1.54) is 15.0 Å². The Morgan fingerprint density at radius 3 is 2.54 bits per heavy atom. The molecule has 3 N–H and O–H groups in total. The van der Waals surface area contributed by atoms with Crippen LogP contribution in [0.15, 0.2) is 60.7 Å². The summed E-state index contributed by atoms with van der Waals surface area (Å²) in [5.41, 5.74) is 7.08. The van der Waals surface area contributed by atoms with E-state index in [1.54, 1.807) is 26.0 Å². The molecule has 0 spiro atoms. The van der Waals surface area contributed by atoms with E-state index in [-0.39, 0.29) is 24.9 Å². The first kappa shape index (κ1) is 26.5. The molecule has 0 saturated heterocycles. The Balaban J connectivity index is 1.49. The molecule has 12 heteroatoms. The number of aryl methyl sites for hydroxylation is 2. The molecule has 0 aliphatic carbocycles. The molecule has 4 rings (SSSR count). The average Bonchev–Trinajstić information content (AvgIpc) is 3.46. The molecule has 0 aliphatic heterocycles. The fraction of sp³-hybridized carbons (Fsp3) is 0.360. The number of nitrogens with zero attached hydrogens (tertiary/aromatic N) is 5. The Hall–Kier alpha value is -3.61. The van der Waals surface area contributed by atoms with Crippen LogP contribution in [0.25, 0.3) is 10.9 Å². The number of aromatic nitrogens is 5. The van der Waals surface area contributed by atoms with Gasteiger partial charge in [-0.1, -0.05) is 48.5 Å². The van der Waals surface area contributed by atoms with E-state index in [9.17, 15) is 13.2 Å². The number of ether oxygens (including phenoxy) is 1. The second kappa shape index (κ2) is 10.8. The van der Waals surface area contributed by atoms with Gasteiger partial charge in [0, 0.05) is 17.5 Å². The predicted molar refractivity (Wildman–Crippen MR) is 139 cm³/mol. The third kappa shape index (κ3) is 6.59. The topological polar surface area (TPSA) is 147 Å². The number of rotatable bonds is 11. The van der Waals surface area contributed by atoms with Gasteiger partial charge in [0.2, 0.25) is 15.9 Å². The van der Waals surface area contributed by atoms with Gasteiger partial charge in [0.25, 0.3) is 0 Å². The number of carbonyl (C=O) groups is 1. The normalized spacial score (nSPS) is 13.1. The van der Waals surface area contributed by atoms with E-state index >= 15 is 0 Å². The average molecular weight is 526 g/mol. The highest BCUT2D eigenvalue weighted by atomic mass is 32.2. The van der Waals surface area contributed by atoms with Crippen LogP contribution in [-0.2, 0) is 39.1 Å². The molecule has 1 atom stereocenters. The number of nitrogens with two attached hydrogens (primary N) is 1. The Bertz CT molecular complexity index is 1470. The van der Waals surface area contributed by atoms with Crippen molar-refractivity contribution in [1.82, 2.24) is 29.5 Å². The number of para-hydroxylation sites is 1. The standard InChI is InChI=1S/C25H31N7O4S/c1-25(2,26)24(33)27-21(17-36-16-18-9-5-4-6-10-18)23-28-30-31(29-23)14-13-20-15-19-11-7-8-12-22(19)32(20)37(3,34)35/h4-12,15,21H,13-14,16-17,26H2,1-3H3,(H,27,33)/t21-/m1/s1. The fourth-order valence-electron chi connectivity index (χ4n) is 3.85. The van der Waals surface area contributed by atoms with Gasteiger partial charge in [-0.15, -0.1) is 10.2 Å². The lowest BCUT2D eigenvalue weighted by atomic mass is 10.1. The van der Waals surface area contributed by atoms with Crippen LogP contribution in [0.2, 0.25) is 0 Å². The minimum atomic E-state index is -3.51. The van der Waals surface area contributed by atoms with E-state index in [4.69, 9.17) is 10.5 Å². The predicted octanol–water partition coefficient (Wildman–Crippen LogP) is 1.79. The first-order chi connectivity index (χ1) is 17.5. The highest BCUT2D eigenvalue weighted by Gasteiger charge is 2.28. The Morgan fingerprint density at radius 2 is 1.84 bits per heavy atom. The van der Waals surface area contributed by atoms with Crippen molar-refractivity contribution in [2.45, 2.75) is 45.0 Å². The second-order valence-electron chi connectivity index (χ2n) is 9.46. The van der Waals surface area contributed by atoms with Crippen LogP contribution in [0.4, 0.5) is 0 Å². The first-order valence-electron chi connectivity index (χ1n) is 11.8. The largest absolute Gasteiger partial charge is 0.374 e. The molecular weight excluding hydrogens is 494 g/mol. The van der Waals surface area contributed by atoms with E-state index < -0.39 is 21.6 Å². The van der Waals surface area contributed by atoms with Gasteiger partial charge in [-0.2, -0.15) is 4.80 Å². The number of hydrogen-bond acceptors (Lipinski definition) is 8. The number of amides is 1. The van der Waals surface area contributed by atoms with Crippen molar-refractivity contribution < 1.29 is 17.9 Å². The summed E-state index contributed by atoms with van der Waals surface area (Å²) < 4.78 is 32.1. The van der Waals surface area contributed by atoms with Gasteiger partial charge in [0.15, 0.2) is 5.82 Å². The third-order valence-electron chi connectivity index (χ3n) is 5.70. The molecule has 0 unspecified atom stereocenters. The molecule has 0 radical (unpaired) electrons. The summed E-state index contributed by atoms with van der Waals surface area (Å²) in [7, 11) is -3.51. The lowest BCUT2D eigenvalue weighted by Crippen LogP contribution is -2.50. The second-order valence-corrected chi connectivity index (χ2v) is 11.3. The van der Waals surface area contributed by atoms with Crippen LogP contribution in [0.5, 0.6) is 0 Å².